The van der Waals surface area contributed by atoms with Gasteiger partial charge in [-0.15, -0.1) is 0 Å². The summed E-state index contributed by atoms with van der Waals surface area (Å²) in [6, 6.07) is 11.3. The third-order valence-corrected chi connectivity index (χ3v) is 7.92. The molecule has 0 bridgehead atoms. The van der Waals surface area contributed by atoms with Gasteiger partial charge < -0.3 is 19.3 Å². The zero-order valence-electron chi connectivity index (χ0n) is 21.7. The molecule has 212 valence electrons. The minimum atomic E-state index is -0.547. The van der Waals surface area contributed by atoms with Crippen molar-refractivity contribution >= 4 is 40.4 Å². The zero-order chi connectivity index (χ0) is 28.8. The summed E-state index contributed by atoms with van der Waals surface area (Å²) in [5, 5.41) is 21.5. The number of nitro groups is 2. The van der Waals surface area contributed by atoms with Gasteiger partial charge in [-0.05, 0) is 54.2 Å². The predicted octanol–water partition coefficient (Wildman–Crippen LogP) is 4.52. The molecule has 2 aliphatic heterocycles. The summed E-state index contributed by atoms with van der Waals surface area (Å²) in [6.45, 7) is 2.53. The maximum absolute atomic E-state index is 13.1. The molecular weight excluding hydrogens is 544 g/mol. The van der Waals surface area contributed by atoms with Crippen LogP contribution in [0.2, 0.25) is 0 Å². The summed E-state index contributed by atoms with van der Waals surface area (Å²) >= 11 is 1.18. The first kappa shape index (κ1) is 28.8. The van der Waals surface area contributed by atoms with Gasteiger partial charge in [-0.25, -0.2) is 9.59 Å². The third-order valence-electron chi connectivity index (χ3n) is 6.92. The number of carbonyl (C=O) groups excluding carboxylic acids is 3. The van der Waals surface area contributed by atoms with Crippen LogP contribution in [-0.4, -0.2) is 67.9 Å². The number of hydrogen-bond donors (Lipinski definition) is 0. The Labute approximate surface area is 233 Å². The Hall–Kier alpha value is -4.20. The van der Waals surface area contributed by atoms with Gasteiger partial charge in [0, 0.05) is 62.1 Å². The number of likely N-dealkylation sites (tertiary alicyclic amines) is 2. The van der Waals surface area contributed by atoms with E-state index in [2.05, 4.69) is 0 Å². The maximum atomic E-state index is 13.1. The monoisotopic (exact) mass is 572 g/mol. The number of carbonyl (C=O) groups is 3. The van der Waals surface area contributed by atoms with Crippen LogP contribution in [0.5, 0.6) is 0 Å². The third kappa shape index (κ3) is 7.25. The Kier molecular flexibility index (Phi) is 9.19. The molecule has 4 rings (SSSR count). The van der Waals surface area contributed by atoms with Crippen LogP contribution < -0.4 is 0 Å². The van der Waals surface area contributed by atoms with E-state index in [0.29, 0.717) is 43.6 Å². The minimum absolute atomic E-state index is 0.0279. The minimum Gasteiger partial charge on any atom is -0.445 e. The standard InChI is InChI=1S/C26H28N4O9S/c1-17(31)40-23-12-24(28(14-23)26(33)39-16-19-4-8-22(9-5-19)30(36)37)20-10-11-27(13-20)25(32)38-15-18-2-6-21(7-3-18)29(34)35/h2-9,20,23-24H,10-16H2,1H3/t20-,23-,24-/m0/s1. The van der Waals surface area contributed by atoms with Crippen molar-refractivity contribution in [1.29, 1.82) is 0 Å². The highest BCUT2D eigenvalue weighted by atomic mass is 32.2. The molecule has 0 spiro atoms. The summed E-state index contributed by atoms with van der Waals surface area (Å²) in [5.74, 6) is -0.0450. The molecule has 2 saturated heterocycles. The van der Waals surface area contributed by atoms with Gasteiger partial charge in [0.1, 0.15) is 13.2 Å². The fraction of sp³-hybridized carbons (Fsp3) is 0.423. The van der Waals surface area contributed by atoms with Gasteiger partial charge >= 0.3 is 12.2 Å². The molecule has 2 heterocycles. The number of nitro benzene ring substituents is 2. The number of hydrogen-bond acceptors (Lipinski definition) is 10. The summed E-state index contributed by atoms with van der Waals surface area (Å²) in [4.78, 5) is 61.4. The Balaban J connectivity index is 1.34. The first-order valence-electron chi connectivity index (χ1n) is 12.6. The van der Waals surface area contributed by atoms with Gasteiger partial charge in [-0.3, -0.25) is 25.0 Å². The van der Waals surface area contributed by atoms with Crippen molar-refractivity contribution in [3.05, 3.63) is 79.9 Å². The second kappa shape index (κ2) is 12.8. The number of non-ortho nitro benzene ring substituents is 2. The van der Waals surface area contributed by atoms with E-state index in [1.54, 1.807) is 9.80 Å². The van der Waals surface area contributed by atoms with Crippen molar-refractivity contribution in [2.24, 2.45) is 5.92 Å². The van der Waals surface area contributed by atoms with E-state index in [0.717, 1.165) is 0 Å². The SMILES string of the molecule is CC(=O)S[C@H]1C[C@@H]([C@H]2CCN(C(=O)OCc3ccc([N+](=O)[O-])cc3)C2)N(C(=O)OCc2ccc([N+](=O)[O-])cc2)C1. The lowest BCUT2D eigenvalue weighted by molar-refractivity contribution is -0.385. The average molecular weight is 573 g/mol. The quantitative estimate of drug-likeness (QED) is 0.325. The molecule has 0 unspecified atom stereocenters. The zero-order valence-corrected chi connectivity index (χ0v) is 22.5. The number of benzene rings is 2. The number of ether oxygens (including phenoxy) is 2. The number of amides is 2. The van der Waals surface area contributed by atoms with Crippen LogP contribution in [0.4, 0.5) is 21.0 Å². The Morgan fingerprint density at radius 2 is 1.40 bits per heavy atom. The maximum Gasteiger partial charge on any atom is 0.410 e. The Morgan fingerprint density at radius 1 is 0.875 bits per heavy atom. The van der Waals surface area contributed by atoms with E-state index in [1.165, 1.54) is 67.2 Å². The molecule has 0 aromatic heterocycles. The van der Waals surface area contributed by atoms with E-state index in [9.17, 15) is 34.6 Å². The van der Waals surface area contributed by atoms with Crippen molar-refractivity contribution < 1.29 is 33.7 Å². The molecule has 0 aliphatic carbocycles. The summed E-state index contributed by atoms with van der Waals surface area (Å²) in [7, 11) is 0. The highest BCUT2D eigenvalue weighted by Crippen LogP contribution is 2.36. The van der Waals surface area contributed by atoms with Crippen molar-refractivity contribution in [1.82, 2.24) is 9.80 Å². The van der Waals surface area contributed by atoms with E-state index in [4.69, 9.17) is 9.47 Å². The molecule has 13 nitrogen and oxygen atoms in total. The first-order valence-corrected chi connectivity index (χ1v) is 13.5. The van der Waals surface area contributed by atoms with Crippen molar-refractivity contribution in [3.63, 3.8) is 0 Å². The highest BCUT2D eigenvalue weighted by molar-refractivity contribution is 8.14. The summed E-state index contributed by atoms with van der Waals surface area (Å²) in [6.07, 6.45) is 0.156. The van der Waals surface area contributed by atoms with Crippen LogP contribution >= 0.6 is 11.8 Å². The normalized spacial score (nSPS) is 20.3. The van der Waals surface area contributed by atoms with Crippen LogP contribution in [0.25, 0.3) is 0 Å². The Morgan fingerprint density at radius 3 is 1.90 bits per heavy atom. The molecule has 2 aromatic carbocycles. The van der Waals surface area contributed by atoms with Crippen LogP contribution in [0.3, 0.4) is 0 Å². The molecule has 40 heavy (non-hydrogen) atoms. The van der Waals surface area contributed by atoms with Crippen molar-refractivity contribution in [3.8, 4) is 0 Å². The summed E-state index contributed by atoms with van der Waals surface area (Å²) < 4.78 is 10.9. The second-order valence-corrected chi connectivity index (χ2v) is 11.1. The lowest BCUT2D eigenvalue weighted by Gasteiger charge is -2.28. The smallest absolute Gasteiger partial charge is 0.410 e. The van der Waals surface area contributed by atoms with Crippen molar-refractivity contribution in [2.45, 2.75) is 44.3 Å². The largest absolute Gasteiger partial charge is 0.445 e. The molecule has 0 N–H and O–H groups in total. The lowest BCUT2D eigenvalue weighted by Crippen LogP contribution is -2.42. The average Bonchev–Trinajstić information content (AvgIpc) is 3.58. The topological polar surface area (TPSA) is 162 Å². The lowest BCUT2D eigenvalue weighted by atomic mass is 9.97. The molecule has 2 aromatic rings. The summed E-state index contributed by atoms with van der Waals surface area (Å²) in [5.41, 5.74) is 1.12. The van der Waals surface area contributed by atoms with Gasteiger partial charge in [-0.2, -0.15) is 0 Å². The van der Waals surface area contributed by atoms with Crippen LogP contribution in [0.1, 0.15) is 30.9 Å². The molecule has 0 radical (unpaired) electrons. The second-order valence-electron chi connectivity index (χ2n) is 9.64. The van der Waals surface area contributed by atoms with Crippen LogP contribution in [-0.2, 0) is 27.5 Å². The molecule has 2 fully saturated rings. The number of thioether (sulfide) groups is 1. The van der Waals surface area contributed by atoms with E-state index in [1.807, 2.05) is 0 Å². The molecule has 0 saturated carbocycles. The van der Waals surface area contributed by atoms with E-state index >= 15 is 0 Å². The first-order chi connectivity index (χ1) is 19.1. The van der Waals surface area contributed by atoms with Gasteiger partial charge in [0.15, 0.2) is 5.12 Å². The number of nitrogens with zero attached hydrogens (tertiary/aromatic N) is 4. The van der Waals surface area contributed by atoms with Gasteiger partial charge in [0.05, 0.1) is 9.85 Å². The van der Waals surface area contributed by atoms with Gasteiger partial charge in [0.2, 0.25) is 0 Å². The molecular formula is C26H28N4O9S. The fourth-order valence-corrected chi connectivity index (χ4v) is 5.96. The fourth-order valence-electron chi connectivity index (χ4n) is 4.96. The van der Waals surface area contributed by atoms with Crippen LogP contribution in [0.15, 0.2) is 48.5 Å². The predicted molar refractivity (Wildman–Crippen MR) is 143 cm³/mol. The van der Waals surface area contributed by atoms with E-state index in [-0.39, 0.29) is 46.9 Å². The number of rotatable bonds is 8. The highest BCUT2D eigenvalue weighted by Gasteiger charge is 2.44. The van der Waals surface area contributed by atoms with Gasteiger partial charge in [-0.1, -0.05) is 11.8 Å². The molecule has 3 atom stereocenters. The molecule has 2 amide bonds. The molecule has 14 heteroatoms. The molecule has 2 aliphatic rings. The van der Waals surface area contributed by atoms with E-state index < -0.39 is 22.0 Å². The Bertz CT molecular complexity index is 1270. The van der Waals surface area contributed by atoms with Crippen LogP contribution in [0, 0.1) is 26.1 Å². The van der Waals surface area contributed by atoms with Crippen molar-refractivity contribution in [2.75, 3.05) is 19.6 Å². The van der Waals surface area contributed by atoms with Gasteiger partial charge in [0.25, 0.3) is 11.4 Å².